The standard InChI is InChI=1S/C32H43N3O5S/c1-31(2,3)40-30(37)35-21-27(25-8-6-5-7-9-25)28(22-35)29(36)34-18-15-32(16-19-34)14-17-33(23-32)20-24-10-12-26(13-11-24)41(4,38)39/h5-13,27-28H,14-23H2,1-4H3/t27-,28-/m1/s1. The van der Waals surface area contributed by atoms with E-state index in [2.05, 4.69) is 17.0 Å². The van der Waals surface area contributed by atoms with Crippen LogP contribution in [0.15, 0.2) is 59.5 Å². The van der Waals surface area contributed by atoms with Crippen molar-refractivity contribution in [1.82, 2.24) is 14.7 Å². The van der Waals surface area contributed by atoms with Gasteiger partial charge < -0.3 is 14.5 Å². The van der Waals surface area contributed by atoms with E-state index in [1.54, 1.807) is 17.0 Å². The van der Waals surface area contributed by atoms with Crippen molar-refractivity contribution in [3.8, 4) is 0 Å². The van der Waals surface area contributed by atoms with E-state index in [0.29, 0.717) is 18.0 Å². The molecule has 3 fully saturated rings. The summed E-state index contributed by atoms with van der Waals surface area (Å²) >= 11 is 0. The maximum Gasteiger partial charge on any atom is 0.410 e. The SMILES string of the molecule is CC(C)(C)OC(=O)N1C[C@H](c2ccccc2)[C@H](C(=O)N2CCC3(CCN(Cc4ccc(S(C)(=O)=O)cc4)C3)CC2)C1. The highest BCUT2D eigenvalue weighted by atomic mass is 32.2. The van der Waals surface area contributed by atoms with E-state index in [0.717, 1.165) is 63.1 Å². The third kappa shape index (κ3) is 6.95. The van der Waals surface area contributed by atoms with Crippen LogP contribution in [0.2, 0.25) is 0 Å². The lowest BCUT2D eigenvalue weighted by atomic mass is 9.77. The van der Waals surface area contributed by atoms with Crippen molar-refractivity contribution in [3.63, 3.8) is 0 Å². The Morgan fingerprint density at radius 1 is 0.902 bits per heavy atom. The van der Waals surface area contributed by atoms with Crippen molar-refractivity contribution in [2.24, 2.45) is 11.3 Å². The number of benzene rings is 2. The van der Waals surface area contributed by atoms with Gasteiger partial charge in [-0.3, -0.25) is 9.69 Å². The molecule has 0 saturated carbocycles. The molecule has 9 heteroatoms. The predicted molar refractivity (Wildman–Crippen MR) is 158 cm³/mol. The molecule has 0 aliphatic carbocycles. The number of hydrogen-bond acceptors (Lipinski definition) is 6. The third-order valence-corrected chi connectivity index (χ3v) is 10.1. The molecular formula is C32H43N3O5S. The van der Waals surface area contributed by atoms with Crippen LogP contribution in [0.5, 0.6) is 0 Å². The van der Waals surface area contributed by atoms with E-state index in [1.165, 1.54) is 6.26 Å². The van der Waals surface area contributed by atoms with Crippen molar-refractivity contribution >= 4 is 21.8 Å². The molecule has 2 aromatic carbocycles. The first-order chi connectivity index (χ1) is 19.3. The number of rotatable bonds is 5. The molecule has 0 aromatic heterocycles. The van der Waals surface area contributed by atoms with Gasteiger partial charge in [-0.25, -0.2) is 13.2 Å². The van der Waals surface area contributed by atoms with Gasteiger partial charge in [0.2, 0.25) is 5.91 Å². The van der Waals surface area contributed by atoms with Crippen molar-refractivity contribution < 1.29 is 22.7 Å². The van der Waals surface area contributed by atoms with E-state index in [9.17, 15) is 18.0 Å². The number of amides is 2. The molecule has 0 N–H and O–H groups in total. The van der Waals surface area contributed by atoms with Gasteiger partial charge in [-0.05, 0) is 75.3 Å². The molecule has 2 aromatic rings. The zero-order valence-corrected chi connectivity index (χ0v) is 25.5. The lowest BCUT2D eigenvalue weighted by molar-refractivity contribution is -0.137. The maximum absolute atomic E-state index is 13.9. The highest BCUT2D eigenvalue weighted by Crippen LogP contribution is 2.42. The minimum Gasteiger partial charge on any atom is -0.444 e. The summed E-state index contributed by atoms with van der Waals surface area (Å²) in [6.45, 7) is 10.7. The molecule has 2 amide bonds. The van der Waals surface area contributed by atoms with Crippen LogP contribution in [0, 0.1) is 11.3 Å². The molecule has 222 valence electrons. The highest BCUT2D eigenvalue weighted by Gasteiger charge is 2.46. The Hall–Kier alpha value is -2.91. The van der Waals surface area contributed by atoms with E-state index < -0.39 is 15.4 Å². The van der Waals surface area contributed by atoms with Gasteiger partial charge in [-0.2, -0.15) is 0 Å². The average molecular weight is 582 g/mol. The molecule has 3 saturated heterocycles. The fraction of sp³-hybridized carbons (Fsp3) is 0.562. The van der Waals surface area contributed by atoms with Gasteiger partial charge in [0.05, 0.1) is 10.8 Å². The second-order valence-corrected chi connectivity index (χ2v) is 15.2. The molecule has 0 radical (unpaired) electrons. The van der Waals surface area contributed by atoms with E-state index in [-0.39, 0.29) is 29.3 Å². The summed E-state index contributed by atoms with van der Waals surface area (Å²) in [7, 11) is -3.19. The number of hydrogen-bond donors (Lipinski definition) is 0. The molecule has 1 spiro atoms. The van der Waals surface area contributed by atoms with Crippen LogP contribution in [-0.2, 0) is 25.9 Å². The van der Waals surface area contributed by atoms with Crippen LogP contribution in [0.4, 0.5) is 4.79 Å². The van der Waals surface area contributed by atoms with Crippen molar-refractivity contribution in [2.75, 3.05) is 45.5 Å². The molecule has 3 aliphatic rings. The van der Waals surface area contributed by atoms with Gasteiger partial charge >= 0.3 is 6.09 Å². The molecule has 41 heavy (non-hydrogen) atoms. The lowest BCUT2D eigenvalue weighted by Gasteiger charge is -2.40. The van der Waals surface area contributed by atoms with Crippen molar-refractivity contribution in [2.45, 2.75) is 63.0 Å². The summed E-state index contributed by atoms with van der Waals surface area (Å²) in [5.74, 6) is -0.197. The summed E-state index contributed by atoms with van der Waals surface area (Å²) in [4.78, 5) is 33.4. The Balaban J connectivity index is 1.20. The second-order valence-electron chi connectivity index (χ2n) is 13.2. The van der Waals surface area contributed by atoms with Gasteiger partial charge in [0.25, 0.3) is 0 Å². The summed E-state index contributed by atoms with van der Waals surface area (Å²) in [5, 5.41) is 0. The third-order valence-electron chi connectivity index (χ3n) is 8.93. The number of sulfone groups is 1. The summed E-state index contributed by atoms with van der Waals surface area (Å²) in [5.41, 5.74) is 1.82. The molecule has 2 atom stereocenters. The molecule has 5 rings (SSSR count). The zero-order valence-electron chi connectivity index (χ0n) is 24.7. The summed E-state index contributed by atoms with van der Waals surface area (Å²) in [6, 6.07) is 17.3. The molecular weight excluding hydrogens is 538 g/mol. The number of piperidine rings is 1. The Labute approximate surface area is 244 Å². The summed E-state index contributed by atoms with van der Waals surface area (Å²) < 4.78 is 29.2. The Morgan fingerprint density at radius 3 is 2.15 bits per heavy atom. The Kier molecular flexibility index (Phi) is 8.23. The van der Waals surface area contributed by atoms with Gasteiger partial charge in [0.15, 0.2) is 9.84 Å². The van der Waals surface area contributed by atoms with Crippen LogP contribution >= 0.6 is 0 Å². The first-order valence-electron chi connectivity index (χ1n) is 14.7. The predicted octanol–water partition coefficient (Wildman–Crippen LogP) is 4.56. The second kappa shape index (κ2) is 11.4. The normalized spacial score (nSPS) is 23.2. The summed E-state index contributed by atoms with van der Waals surface area (Å²) in [6.07, 6.45) is 3.93. The quantitative estimate of drug-likeness (QED) is 0.515. The van der Waals surface area contributed by atoms with Gasteiger partial charge in [-0.1, -0.05) is 42.5 Å². The first kappa shape index (κ1) is 29.6. The van der Waals surface area contributed by atoms with Gasteiger partial charge in [0, 0.05) is 51.4 Å². The number of carbonyl (C=O) groups is 2. The number of likely N-dealkylation sites (tertiary alicyclic amines) is 3. The molecule has 8 nitrogen and oxygen atoms in total. The molecule has 3 aliphatic heterocycles. The van der Waals surface area contributed by atoms with E-state index in [1.807, 2.05) is 56.0 Å². The fourth-order valence-electron chi connectivity index (χ4n) is 6.67. The largest absolute Gasteiger partial charge is 0.444 e. The van der Waals surface area contributed by atoms with Crippen molar-refractivity contribution in [3.05, 3.63) is 65.7 Å². The Bertz CT molecular complexity index is 1350. The fourth-order valence-corrected chi connectivity index (χ4v) is 7.31. The van der Waals surface area contributed by atoms with Gasteiger partial charge in [0.1, 0.15) is 5.60 Å². The minimum atomic E-state index is -3.19. The molecule has 3 heterocycles. The van der Waals surface area contributed by atoms with E-state index >= 15 is 0 Å². The lowest BCUT2D eigenvalue weighted by Crippen LogP contribution is -2.47. The molecule has 0 unspecified atom stereocenters. The minimum absolute atomic E-state index is 0.0526. The number of carbonyl (C=O) groups excluding carboxylic acids is 2. The molecule has 0 bridgehead atoms. The van der Waals surface area contributed by atoms with Crippen LogP contribution in [0.1, 0.15) is 57.1 Å². The first-order valence-corrected chi connectivity index (χ1v) is 16.5. The van der Waals surface area contributed by atoms with Crippen LogP contribution in [0.3, 0.4) is 0 Å². The topological polar surface area (TPSA) is 87.2 Å². The Morgan fingerprint density at radius 2 is 1.54 bits per heavy atom. The monoisotopic (exact) mass is 581 g/mol. The smallest absolute Gasteiger partial charge is 0.410 e. The van der Waals surface area contributed by atoms with Crippen LogP contribution in [0.25, 0.3) is 0 Å². The van der Waals surface area contributed by atoms with Crippen LogP contribution in [-0.4, -0.2) is 86.2 Å². The van der Waals surface area contributed by atoms with Crippen LogP contribution < -0.4 is 0 Å². The number of nitrogens with zero attached hydrogens (tertiary/aromatic N) is 3. The zero-order chi connectivity index (χ0) is 29.4. The highest BCUT2D eigenvalue weighted by molar-refractivity contribution is 7.90. The van der Waals surface area contributed by atoms with Crippen molar-refractivity contribution in [1.29, 1.82) is 0 Å². The number of ether oxygens (including phenoxy) is 1. The average Bonchev–Trinajstić information content (AvgIpc) is 3.53. The maximum atomic E-state index is 13.9. The van der Waals surface area contributed by atoms with Gasteiger partial charge in [-0.15, -0.1) is 0 Å². The van der Waals surface area contributed by atoms with E-state index in [4.69, 9.17) is 4.74 Å².